The first kappa shape index (κ1) is 15.9. The molecule has 0 aromatic heterocycles. The number of likely N-dealkylation sites (N-methyl/N-ethyl adjacent to an activating group) is 1. The highest BCUT2D eigenvalue weighted by atomic mass is 16.6. The summed E-state index contributed by atoms with van der Waals surface area (Å²) >= 11 is 0. The molecule has 0 radical (unpaired) electrons. The van der Waals surface area contributed by atoms with Gasteiger partial charge in [0.15, 0.2) is 0 Å². The lowest BCUT2D eigenvalue weighted by Gasteiger charge is -2.24. The maximum atomic E-state index is 11.4. The van der Waals surface area contributed by atoms with Crippen molar-refractivity contribution in [3.8, 4) is 0 Å². The molecule has 1 heterocycles. The second kappa shape index (κ2) is 7.52. The average molecular weight is 292 g/mol. The number of hydrogen-bond acceptors (Lipinski definition) is 4. The molecule has 5 heteroatoms. The Morgan fingerprint density at radius 2 is 2.10 bits per heavy atom. The Bertz CT molecular complexity index is 452. The van der Waals surface area contributed by atoms with E-state index >= 15 is 0 Å². The highest BCUT2D eigenvalue weighted by Crippen LogP contribution is 2.34. The topological polar surface area (TPSA) is 55.6 Å². The molecule has 5 nitrogen and oxygen atoms in total. The molecule has 0 unspecified atom stereocenters. The molecule has 21 heavy (non-hydrogen) atoms. The summed E-state index contributed by atoms with van der Waals surface area (Å²) in [5, 5.41) is 11.4. The van der Waals surface area contributed by atoms with E-state index in [4.69, 9.17) is 4.74 Å². The number of likely N-dealkylation sites (tertiary alicyclic amines) is 1. The Morgan fingerprint density at radius 1 is 1.38 bits per heavy atom. The maximum Gasteiger partial charge on any atom is 0.233 e. The Kier molecular flexibility index (Phi) is 5.70. The zero-order valence-corrected chi connectivity index (χ0v) is 12.8. The van der Waals surface area contributed by atoms with E-state index in [1.54, 1.807) is 0 Å². The predicted octanol–water partition coefficient (Wildman–Crippen LogP) is 2.55. The number of rotatable bonds is 7. The van der Waals surface area contributed by atoms with E-state index in [0.717, 1.165) is 25.0 Å². The standard InChI is InChI=1S/C16H24N2O3/c1-3-4-10-21-12-15-16(13-8-6-5-7-9-13)14(18(19)20)11-17(15)2/h5-9,14-16H,3-4,10-12H2,1-2H3/t14-,15-,16+/m0/s1. The third kappa shape index (κ3) is 3.80. The molecule has 0 aliphatic carbocycles. The first-order chi connectivity index (χ1) is 10.1. The first-order valence-corrected chi connectivity index (χ1v) is 7.61. The quantitative estimate of drug-likeness (QED) is 0.440. The van der Waals surface area contributed by atoms with Gasteiger partial charge in [0, 0.05) is 17.6 Å². The molecule has 1 aromatic rings. The third-order valence-electron chi connectivity index (χ3n) is 4.26. The van der Waals surface area contributed by atoms with Gasteiger partial charge in [-0.2, -0.15) is 0 Å². The van der Waals surface area contributed by atoms with Crippen molar-refractivity contribution in [2.45, 2.75) is 37.8 Å². The van der Waals surface area contributed by atoms with Crippen LogP contribution in [0, 0.1) is 10.1 Å². The zero-order chi connectivity index (χ0) is 15.2. The number of nitro groups is 1. The lowest BCUT2D eigenvalue weighted by atomic mass is 9.89. The fourth-order valence-electron chi connectivity index (χ4n) is 3.07. The summed E-state index contributed by atoms with van der Waals surface area (Å²) in [7, 11) is 1.95. The van der Waals surface area contributed by atoms with Gasteiger partial charge in [0.1, 0.15) is 0 Å². The van der Waals surface area contributed by atoms with Gasteiger partial charge in [-0.1, -0.05) is 43.7 Å². The van der Waals surface area contributed by atoms with Gasteiger partial charge in [-0.3, -0.25) is 15.0 Å². The van der Waals surface area contributed by atoms with Crippen molar-refractivity contribution >= 4 is 0 Å². The summed E-state index contributed by atoms with van der Waals surface area (Å²) in [6, 6.07) is 9.31. The number of nitrogens with zero attached hydrogens (tertiary/aromatic N) is 2. The van der Waals surface area contributed by atoms with Crippen LogP contribution in [0.1, 0.15) is 31.2 Å². The zero-order valence-electron chi connectivity index (χ0n) is 12.8. The minimum Gasteiger partial charge on any atom is -0.380 e. The SMILES string of the molecule is CCCCOC[C@H]1[C@H](c2ccccc2)[C@@H]([N+](=O)[O-])CN1C. The Balaban J connectivity index is 2.13. The largest absolute Gasteiger partial charge is 0.380 e. The smallest absolute Gasteiger partial charge is 0.233 e. The number of ether oxygens (including phenoxy) is 1. The monoisotopic (exact) mass is 292 g/mol. The summed E-state index contributed by atoms with van der Waals surface area (Å²) in [5.41, 5.74) is 1.03. The minimum absolute atomic E-state index is 0.0691. The molecule has 0 saturated carbocycles. The van der Waals surface area contributed by atoms with Crippen LogP contribution < -0.4 is 0 Å². The molecule has 0 bridgehead atoms. The molecular formula is C16H24N2O3. The summed E-state index contributed by atoms with van der Waals surface area (Å²) in [6.45, 7) is 3.89. The van der Waals surface area contributed by atoms with Crippen LogP contribution in [0.3, 0.4) is 0 Å². The third-order valence-corrected chi connectivity index (χ3v) is 4.26. The molecule has 1 aliphatic heterocycles. The van der Waals surface area contributed by atoms with Crippen molar-refractivity contribution in [2.75, 3.05) is 26.8 Å². The first-order valence-electron chi connectivity index (χ1n) is 7.61. The lowest BCUT2D eigenvalue weighted by Crippen LogP contribution is -2.34. The molecule has 0 N–H and O–H groups in total. The van der Waals surface area contributed by atoms with Crippen LogP contribution in [-0.4, -0.2) is 48.7 Å². The highest BCUT2D eigenvalue weighted by Gasteiger charge is 2.47. The van der Waals surface area contributed by atoms with Crippen molar-refractivity contribution < 1.29 is 9.66 Å². The molecule has 1 aliphatic rings. The van der Waals surface area contributed by atoms with Gasteiger partial charge in [-0.15, -0.1) is 0 Å². The van der Waals surface area contributed by atoms with Gasteiger partial charge in [0.2, 0.25) is 6.04 Å². The summed E-state index contributed by atoms with van der Waals surface area (Å²) in [5.74, 6) is -0.104. The van der Waals surface area contributed by atoms with Crippen molar-refractivity contribution in [2.24, 2.45) is 0 Å². The molecule has 116 valence electrons. The Hall–Kier alpha value is -1.46. The number of hydrogen-bond donors (Lipinski definition) is 0. The average Bonchev–Trinajstić information content (AvgIpc) is 2.82. The van der Waals surface area contributed by atoms with Crippen LogP contribution in [0.5, 0.6) is 0 Å². The minimum atomic E-state index is -0.558. The fourth-order valence-corrected chi connectivity index (χ4v) is 3.07. The van der Waals surface area contributed by atoms with E-state index in [0.29, 0.717) is 13.2 Å². The Labute approximate surface area is 126 Å². The number of benzene rings is 1. The van der Waals surface area contributed by atoms with E-state index < -0.39 is 6.04 Å². The van der Waals surface area contributed by atoms with Crippen molar-refractivity contribution in [3.63, 3.8) is 0 Å². The van der Waals surface area contributed by atoms with Gasteiger partial charge >= 0.3 is 0 Å². The van der Waals surface area contributed by atoms with Gasteiger partial charge in [0.25, 0.3) is 0 Å². The predicted molar refractivity (Wildman–Crippen MR) is 82.1 cm³/mol. The normalized spacial score (nSPS) is 26.1. The summed E-state index contributed by atoms with van der Waals surface area (Å²) in [6.07, 6.45) is 2.13. The van der Waals surface area contributed by atoms with E-state index in [1.807, 2.05) is 37.4 Å². The van der Waals surface area contributed by atoms with E-state index in [1.165, 1.54) is 0 Å². The van der Waals surface area contributed by atoms with Crippen LogP contribution in [0.15, 0.2) is 30.3 Å². The summed E-state index contributed by atoms with van der Waals surface area (Å²) in [4.78, 5) is 13.3. The molecular weight excluding hydrogens is 268 g/mol. The van der Waals surface area contributed by atoms with Crippen LogP contribution >= 0.6 is 0 Å². The number of unbranched alkanes of at least 4 members (excludes halogenated alkanes) is 1. The Morgan fingerprint density at radius 3 is 2.71 bits per heavy atom. The molecule has 2 rings (SSSR count). The van der Waals surface area contributed by atoms with Gasteiger partial charge in [-0.25, -0.2) is 0 Å². The molecule has 1 aromatic carbocycles. The second-order valence-corrected chi connectivity index (χ2v) is 5.72. The van der Waals surface area contributed by atoms with Crippen molar-refractivity contribution in [1.82, 2.24) is 4.90 Å². The molecule has 1 saturated heterocycles. The van der Waals surface area contributed by atoms with Crippen molar-refractivity contribution in [3.05, 3.63) is 46.0 Å². The van der Waals surface area contributed by atoms with Gasteiger partial charge in [0.05, 0.1) is 19.1 Å². The van der Waals surface area contributed by atoms with Crippen molar-refractivity contribution in [1.29, 1.82) is 0 Å². The molecule has 3 atom stereocenters. The molecule has 0 amide bonds. The summed E-state index contributed by atoms with van der Waals surface area (Å²) < 4.78 is 5.74. The fraction of sp³-hybridized carbons (Fsp3) is 0.625. The lowest BCUT2D eigenvalue weighted by molar-refractivity contribution is -0.521. The molecule has 0 spiro atoms. The van der Waals surface area contributed by atoms with E-state index in [-0.39, 0.29) is 16.9 Å². The maximum absolute atomic E-state index is 11.4. The van der Waals surface area contributed by atoms with Crippen LogP contribution in [0.4, 0.5) is 0 Å². The van der Waals surface area contributed by atoms with Crippen LogP contribution in [0.2, 0.25) is 0 Å². The van der Waals surface area contributed by atoms with E-state index in [9.17, 15) is 10.1 Å². The van der Waals surface area contributed by atoms with Crippen LogP contribution in [0.25, 0.3) is 0 Å². The second-order valence-electron chi connectivity index (χ2n) is 5.72. The van der Waals surface area contributed by atoms with Gasteiger partial charge < -0.3 is 4.74 Å². The van der Waals surface area contributed by atoms with Gasteiger partial charge in [-0.05, 0) is 19.0 Å². The molecule has 1 fully saturated rings. The van der Waals surface area contributed by atoms with Crippen LogP contribution in [-0.2, 0) is 4.74 Å². The highest BCUT2D eigenvalue weighted by molar-refractivity contribution is 5.25. The van der Waals surface area contributed by atoms with E-state index in [2.05, 4.69) is 11.8 Å².